The second-order valence-electron chi connectivity index (χ2n) is 7.47. The van der Waals surface area contributed by atoms with E-state index in [4.69, 9.17) is 4.74 Å². The average molecular weight is 303 g/mol. The summed E-state index contributed by atoms with van der Waals surface area (Å²) in [5.41, 5.74) is -0.737. The van der Waals surface area contributed by atoms with Crippen LogP contribution in [-0.4, -0.2) is 28.5 Å². The zero-order valence-corrected chi connectivity index (χ0v) is 14.2. The highest BCUT2D eigenvalue weighted by Gasteiger charge is 2.58. The lowest BCUT2D eigenvalue weighted by Gasteiger charge is -2.40. The molecular weight excluding hydrogens is 278 g/mol. The molecule has 4 nitrogen and oxygen atoms in total. The van der Waals surface area contributed by atoms with E-state index in [2.05, 4.69) is 0 Å². The van der Waals surface area contributed by atoms with Gasteiger partial charge in [-0.15, -0.1) is 0 Å². The number of hydrogen-bond donors (Lipinski definition) is 0. The van der Waals surface area contributed by atoms with Crippen molar-refractivity contribution in [2.45, 2.75) is 53.3 Å². The van der Waals surface area contributed by atoms with Crippen LogP contribution in [0.4, 0.5) is 0 Å². The van der Waals surface area contributed by atoms with E-state index in [0.717, 1.165) is 0 Å². The average Bonchev–Trinajstić information content (AvgIpc) is 2.73. The molecule has 0 bridgehead atoms. The maximum absolute atomic E-state index is 13.1. The van der Waals surface area contributed by atoms with Gasteiger partial charge in [-0.05, 0) is 25.0 Å². The summed E-state index contributed by atoms with van der Waals surface area (Å²) in [5.74, 6) is -0.533. The van der Waals surface area contributed by atoms with E-state index in [1.54, 1.807) is 24.0 Å². The van der Waals surface area contributed by atoms with Crippen LogP contribution in [0.25, 0.3) is 0 Å². The summed E-state index contributed by atoms with van der Waals surface area (Å²) < 4.78 is 5.62. The van der Waals surface area contributed by atoms with Crippen LogP contribution in [0, 0.1) is 11.3 Å². The van der Waals surface area contributed by atoms with Crippen LogP contribution >= 0.6 is 0 Å². The summed E-state index contributed by atoms with van der Waals surface area (Å²) in [6.45, 7) is 11.6. The van der Waals surface area contributed by atoms with Crippen LogP contribution in [0.3, 0.4) is 0 Å². The molecular formula is C18H25NO3. The molecule has 1 aromatic rings. The number of nitrogens with zero attached hydrogens (tertiary/aromatic N) is 1. The molecule has 1 amide bonds. The van der Waals surface area contributed by atoms with Crippen molar-refractivity contribution < 1.29 is 14.3 Å². The van der Waals surface area contributed by atoms with E-state index in [0.29, 0.717) is 5.56 Å². The second kappa shape index (κ2) is 5.41. The Morgan fingerprint density at radius 3 is 2.23 bits per heavy atom. The van der Waals surface area contributed by atoms with Gasteiger partial charge in [0.05, 0.1) is 0 Å². The summed E-state index contributed by atoms with van der Waals surface area (Å²) in [5, 5.41) is 0. The molecule has 0 N–H and O–H groups in total. The lowest BCUT2D eigenvalue weighted by molar-refractivity contribution is -0.149. The number of cyclic esters (lactones) is 1. The minimum Gasteiger partial charge on any atom is -0.439 e. The van der Waals surface area contributed by atoms with Crippen LogP contribution in [0.15, 0.2) is 30.3 Å². The molecule has 0 aliphatic carbocycles. The zero-order chi connectivity index (χ0) is 16.7. The molecule has 0 spiro atoms. The van der Waals surface area contributed by atoms with Crippen LogP contribution in [0.1, 0.15) is 51.9 Å². The minimum atomic E-state index is -0.954. The third-order valence-corrected chi connectivity index (χ3v) is 4.47. The lowest BCUT2D eigenvalue weighted by Crippen LogP contribution is -2.57. The number of hydrogen-bond acceptors (Lipinski definition) is 3. The molecule has 1 aliphatic rings. The number of amides is 1. The van der Waals surface area contributed by atoms with Crippen molar-refractivity contribution in [2.75, 3.05) is 0 Å². The van der Waals surface area contributed by atoms with Crippen molar-refractivity contribution in [1.82, 2.24) is 4.90 Å². The smallest absolute Gasteiger partial charge is 0.334 e. The van der Waals surface area contributed by atoms with Gasteiger partial charge in [-0.3, -0.25) is 9.69 Å². The van der Waals surface area contributed by atoms with Crippen molar-refractivity contribution in [2.24, 2.45) is 11.3 Å². The largest absolute Gasteiger partial charge is 0.439 e. The standard InChI is InChI=1S/C18H25NO3/c1-12(2)18(6)16(21)22-15(17(3,4)5)19(18)14(20)13-10-8-7-9-11-13/h7-12,15H,1-6H3/t15-,18+/m0/s1. The summed E-state index contributed by atoms with van der Waals surface area (Å²) >= 11 is 0. The Morgan fingerprint density at radius 2 is 1.77 bits per heavy atom. The highest BCUT2D eigenvalue weighted by Crippen LogP contribution is 2.42. The maximum atomic E-state index is 13.1. The van der Waals surface area contributed by atoms with Gasteiger partial charge in [-0.2, -0.15) is 0 Å². The van der Waals surface area contributed by atoms with E-state index in [-0.39, 0.29) is 23.2 Å². The Morgan fingerprint density at radius 1 is 1.23 bits per heavy atom. The molecule has 120 valence electrons. The normalized spacial score (nSPS) is 25.5. The van der Waals surface area contributed by atoms with Gasteiger partial charge in [-0.1, -0.05) is 52.8 Å². The Labute approximate surface area is 132 Å². The topological polar surface area (TPSA) is 46.6 Å². The van der Waals surface area contributed by atoms with Crippen LogP contribution in [0.5, 0.6) is 0 Å². The second-order valence-corrected chi connectivity index (χ2v) is 7.47. The fraction of sp³-hybridized carbons (Fsp3) is 0.556. The van der Waals surface area contributed by atoms with Gasteiger partial charge in [0.25, 0.3) is 5.91 Å². The number of esters is 1. The molecule has 0 radical (unpaired) electrons. The number of rotatable bonds is 2. The monoisotopic (exact) mass is 303 g/mol. The van der Waals surface area contributed by atoms with Gasteiger partial charge in [0.15, 0.2) is 6.23 Å². The first-order valence-corrected chi connectivity index (χ1v) is 7.70. The molecule has 0 saturated carbocycles. The third kappa shape index (κ3) is 2.51. The lowest BCUT2D eigenvalue weighted by atomic mass is 9.84. The molecule has 1 aromatic carbocycles. The predicted molar refractivity (Wildman–Crippen MR) is 85.2 cm³/mol. The van der Waals surface area contributed by atoms with Crippen molar-refractivity contribution in [3.8, 4) is 0 Å². The molecule has 4 heteroatoms. The summed E-state index contributed by atoms with van der Waals surface area (Å²) in [6.07, 6.45) is -0.569. The fourth-order valence-electron chi connectivity index (χ4n) is 2.73. The quantitative estimate of drug-likeness (QED) is 0.786. The Hall–Kier alpha value is -1.84. The number of carbonyl (C=O) groups excluding carboxylic acids is 2. The first-order chi connectivity index (χ1) is 10.1. The molecule has 1 fully saturated rings. The Bertz CT molecular complexity index is 574. The van der Waals surface area contributed by atoms with Crippen LogP contribution in [-0.2, 0) is 9.53 Å². The van der Waals surface area contributed by atoms with Gasteiger partial charge < -0.3 is 4.74 Å². The highest BCUT2D eigenvalue weighted by molar-refractivity contribution is 5.99. The van der Waals surface area contributed by atoms with Crippen molar-refractivity contribution in [3.63, 3.8) is 0 Å². The molecule has 2 atom stereocenters. The minimum absolute atomic E-state index is 0.0417. The molecule has 0 aromatic heterocycles. The van der Waals surface area contributed by atoms with Gasteiger partial charge in [-0.25, -0.2) is 4.79 Å². The van der Waals surface area contributed by atoms with Gasteiger partial charge in [0, 0.05) is 11.0 Å². The van der Waals surface area contributed by atoms with E-state index >= 15 is 0 Å². The molecule has 0 unspecified atom stereocenters. The van der Waals surface area contributed by atoms with Gasteiger partial charge in [0.2, 0.25) is 0 Å². The third-order valence-electron chi connectivity index (χ3n) is 4.47. The number of carbonyl (C=O) groups is 2. The van der Waals surface area contributed by atoms with Crippen molar-refractivity contribution in [1.29, 1.82) is 0 Å². The molecule has 1 aliphatic heterocycles. The predicted octanol–water partition coefficient (Wildman–Crippen LogP) is 3.47. The first kappa shape index (κ1) is 16.5. The fourth-order valence-corrected chi connectivity index (χ4v) is 2.73. The SMILES string of the molecule is CC(C)[C@]1(C)C(=O)O[C@@H](C(C)(C)C)N1C(=O)c1ccccc1. The van der Waals surface area contributed by atoms with E-state index in [1.165, 1.54) is 0 Å². The van der Waals surface area contributed by atoms with E-state index in [9.17, 15) is 9.59 Å². The van der Waals surface area contributed by atoms with E-state index < -0.39 is 11.8 Å². The first-order valence-electron chi connectivity index (χ1n) is 7.70. The highest BCUT2D eigenvalue weighted by atomic mass is 16.6. The van der Waals surface area contributed by atoms with Gasteiger partial charge in [0.1, 0.15) is 5.54 Å². The Balaban J connectivity index is 2.54. The van der Waals surface area contributed by atoms with Crippen LogP contribution in [0.2, 0.25) is 0 Å². The van der Waals surface area contributed by atoms with Crippen LogP contribution < -0.4 is 0 Å². The molecule has 1 saturated heterocycles. The summed E-state index contributed by atoms with van der Waals surface area (Å²) in [4.78, 5) is 27.2. The Kier molecular flexibility index (Phi) is 4.07. The zero-order valence-electron chi connectivity index (χ0n) is 14.2. The number of ether oxygens (including phenoxy) is 1. The van der Waals surface area contributed by atoms with E-state index in [1.807, 2.05) is 52.8 Å². The molecule has 22 heavy (non-hydrogen) atoms. The summed E-state index contributed by atoms with van der Waals surface area (Å²) in [6, 6.07) is 9.05. The van der Waals surface area contributed by atoms with Crippen molar-refractivity contribution in [3.05, 3.63) is 35.9 Å². The summed E-state index contributed by atoms with van der Waals surface area (Å²) in [7, 11) is 0. The molecule has 2 rings (SSSR count). The number of benzene rings is 1. The van der Waals surface area contributed by atoms with Crippen molar-refractivity contribution >= 4 is 11.9 Å². The molecule has 1 heterocycles. The van der Waals surface area contributed by atoms with Gasteiger partial charge >= 0.3 is 5.97 Å². The maximum Gasteiger partial charge on any atom is 0.334 e.